The van der Waals surface area contributed by atoms with Gasteiger partial charge in [0.25, 0.3) is 5.91 Å². The maximum absolute atomic E-state index is 11.6. The van der Waals surface area contributed by atoms with Gasteiger partial charge in [-0.2, -0.15) is 0 Å². The second-order valence-corrected chi connectivity index (χ2v) is 4.28. The summed E-state index contributed by atoms with van der Waals surface area (Å²) in [5, 5.41) is 9.50. The van der Waals surface area contributed by atoms with Gasteiger partial charge < -0.3 is 19.5 Å². The van der Waals surface area contributed by atoms with Crippen molar-refractivity contribution in [3.05, 3.63) is 23.8 Å². The summed E-state index contributed by atoms with van der Waals surface area (Å²) >= 11 is 0. The lowest BCUT2D eigenvalue weighted by molar-refractivity contribution is -0.131. The summed E-state index contributed by atoms with van der Waals surface area (Å²) in [6.07, 6.45) is -0.573. The molecule has 0 fully saturated rings. The molecule has 0 aliphatic rings. The van der Waals surface area contributed by atoms with Gasteiger partial charge in [0.05, 0.1) is 13.2 Å². The van der Waals surface area contributed by atoms with Gasteiger partial charge in [0.15, 0.2) is 18.1 Å². The van der Waals surface area contributed by atoms with Crippen LogP contribution in [0.4, 0.5) is 0 Å². The molecule has 5 heteroatoms. The summed E-state index contributed by atoms with van der Waals surface area (Å²) in [5.41, 5.74) is 0.737. The van der Waals surface area contributed by atoms with Crippen LogP contribution in [0, 0.1) is 0 Å². The van der Waals surface area contributed by atoms with Crippen LogP contribution in [0.25, 0.3) is 0 Å². The topological polar surface area (TPSA) is 59.0 Å². The van der Waals surface area contributed by atoms with Gasteiger partial charge in [-0.3, -0.25) is 4.79 Å². The number of aliphatic hydroxyl groups is 1. The number of aliphatic hydroxyl groups excluding tert-OH is 1. The number of carbonyl (C=O) groups is 1. The van der Waals surface area contributed by atoms with E-state index in [1.165, 1.54) is 7.11 Å². The molecular weight excluding hydrogens is 246 g/mol. The highest BCUT2D eigenvalue weighted by Gasteiger charge is 2.12. The summed E-state index contributed by atoms with van der Waals surface area (Å²) in [7, 11) is 3.24. The first-order valence-electron chi connectivity index (χ1n) is 6.22. The van der Waals surface area contributed by atoms with Crippen LogP contribution in [0.1, 0.15) is 25.5 Å². The van der Waals surface area contributed by atoms with Crippen molar-refractivity contribution in [3.63, 3.8) is 0 Å². The van der Waals surface area contributed by atoms with Gasteiger partial charge in [-0.15, -0.1) is 0 Å². The molecule has 0 bridgehead atoms. The van der Waals surface area contributed by atoms with Crippen molar-refractivity contribution in [3.8, 4) is 11.5 Å². The molecule has 19 heavy (non-hydrogen) atoms. The van der Waals surface area contributed by atoms with E-state index in [0.717, 1.165) is 5.56 Å². The number of benzene rings is 1. The summed E-state index contributed by atoms with van der Waals surface area (Å²) in [5.74, 6) is 0.902. The highest BCUT2D eigenvalue weighted by Crippen LogP contribution is 2.30. The molecule has 1 rings (SSSR count). The zero-order valence-electron chi connectivity index (χ0n) is 11.8. The Morgan fingerprint density at radius 2 is 2.11 bits per heavy atom. The van der Waals surface area contributed by atoms with Gasteiger partial charge in [-0.05, 0) is 31.5 Å². The van der Waals surface area contributed by atoms with Gasteiger partial charge in [0.1, 0.15) is 0 Å². The molecule has 0 unspecified atom stereocenters. The van der Waals surface area contributed by atoms with E-state index in [9.17, 15) is 9.90 Å². The highest BCUT2D eigenvalue weighted by molar-refractivity contribution is 5.77. The van der Waals surface area contributed by atoms with Crippen molar-refractivity contribution < 1.29 is 19.4 Å². The van der Waals surface area contributed by atoms with Crippen molar-refractivity contribution in [1.29, 1.82) is 0 Å². The smallest absolute Gasteiger partial charge is 0.260 e. The van der Waals surface area contributed by atoms with Crippen LogP contribution < -0.4 is 9.47 Å². The Morgan fingerprint density at radius 1 is 1.42 bits per heavy atom. The fraction of sp³-hybridized carbons (Fsp3) is 0.500. The van der Waals surface area contributed by atoms with Crippen molar-refractivity contribution >= 4 is 5.91 Å². The lowest BCUT2D eigenvalue weighted by Crippen LogP contribution is -2.31. The molecule has 0 aliphatic heterocycles. The predicted molar refractivity (Wildman–Crippen MR) is 72.4 cm³/mol. The first-order valence-corrected chi connectivity index (χ1v) is 6.22. The minimum Gasteiger partial charge on any atom is -0.493 e. The molecule has 0 heterocycles. The number of methoxy groups -OCH3 is 1. The normalized spacial score (nSPS) is 11.8. The van der Waals surface area contributed by atoms with Gasteiger partial charge in [-0.25, -0.2) is 0 Å². The molecule has 0 spiro atoms. The number of ether oxygens (including phenoxy) is 2. The lowest BCUT2D eigenvalue weighted by atomic mass is 10.1. The summed E-state index contributed by atoms with van der Waals surface area (Å²) in [4.78, 5) is 13.2. The average Bonchev–Trinajstić information content (AvgIpc) is 2.43. The summed E-state index contributed by atoms with van der Waals surface area (Å²) in [6.45, 7) is 4.18. The standard InChI is InChI=1S/C14H21NO4/c1-5-15(3)14(17)9-19-12-7-6-11(10(2)16)8-13(12)18-4/h6-8,10,16H,5,9H2,1-4H3/t10-/m1/s1. The van der Waals surface area contributed by atoms with Crippen LogP contribution in [0.15, 0.2) is 18.2 Å². The first-order chi connectivity index (χ1) is 8.99. The van der Waals surface area contributed by atoms with Gasteiger partial charge in [0.2, 0.25) is 0 Å². The van der Waals surface area contributed by atoms with Gasteiger partial charge in [-0.1, -0.05) is 6.07 Å². The van der Waals surface area contributed by atoms with E-state index >= 15 is 0 Å². The number of hydrogen-bond acceptors (Lipinski definition) is 4. The Hall–Kier alpha value is -1.75. The molecule has 0 radical (unpaired) electrons. The molecule has 0 aliphatic carbocycles. The zero-order chi connectivity index (χ0) is 14.4. The van der Waals surface area contributed by atoms with Crippen molar-refractivity contribution in [2.24, 2.45) is 0 Å². The molecule has 1 atom stereocenters. The second kappa shape index (κ2) is 6.99. The van der Waals surface area contributed by atoms with E-state index in [1.54, 1.807) is 37.1 Å². The molecule has 106 valence electrons. The van der Waals surface area contributed by atoms with Crippen LogP contribution in [0.5, 0.6) is 11.5 Å². The zero-order valence-corrected chi connectivity index (χ0v) is 11.8. The SMILES string of the molecule is CCN(C)C(=O)COc1ccc([C@@H](C)O)cc1OC. The monoisotopic (exact) mass is 267 g/mol. The maximum Gasteiger partial charge on any atom is 0.260 e. The maximum atomic E-state index is 11.6. The van der Waals surface area contributed by atoms with E-state index in [1.807, 2.05) is 6.92 Å². The third-order valence-corrected chi connectivity index (χ3v) is 2.92. The molecule has 0 saturated heterocycles. The van der Waals surface area contributed by atoms with E-state index in [4.69, 9.17) is 9.47 Å². The molecule has 0 saturated carbocycles. The minimum absolute atomic E-state index is 0.0330. The van der Waals surface area contributed by atoms with Crippen molar-refractivity contribution in [2.75, 3.05) is 27.3 Å². The van der Waals surface area contributed by atoms with Gasteiger partial charge >= 0.3 is 0 Å². The molecule has 1 aromatic carbocycles. The van der Waals surface area contributed by atoms with E-state index < -0.39 is 6.10 Å². The van der Waals surface area contributed by atoms with Crippen LogP contribution >= 0.6 is 0 Å². The number of hydrogen-bond donors (Lipinski definition) is 1. The lowest BCUT2D eigenvalue weighted by Gasteiger charge is -2.16. The number of likely N-dealkylation sites (N-methyl/N-ethyl adjacent to an activating group) is 1. The molecule has 1 aromatic rings. The predicted octanol–water partition coefficient (Wildman–Crippen LogP) is 1.61. The number of rotatable bonds is 6. The van der Waals surface area contributed by atoms with Crippen molar-refractivity contribution in [1.82, 2.24) is 4.90 Å². The average molecular weight is 267 g/mol. The fourth-order valence-electron chi connectivity index (χ4n) is 1.49. The third-order valence-electron chi connectivity index (χ3n) is 2.92. The molecule has 5 nitrogen and oxygen atoms in total. The van der Waals surface area contributed by atoms with E-state index in [-0.39, 0.29) is 12.5 Å². The summed E-state index contributed by atoms with van der Waals surface area (Å²) < 4.78 is 10.6. The third kappa shape index (κ3) is 4.13. The molecule has 1 amide bonds. The molecular formula is C14H21NO4. The number of amides is 1. The largest absolute Gasteiger partial charge is 0.493 e. The number of carbonyl (C=O) groups excluding carboxylic acids is 1. The fourth-order valence-corrected chi connectivity index (χ4v) is 1.49. The Labute approximate surface area is 113 Å². The Balaban J connectivity index is 2.76. The van der Waals surface area contributed by atoms with Crippen LogP contribution in [0.2, 0.25) is 0 Å². The van der Waals surface area contributed by atoms with E-state index in [2.05, 4.69) is 0 Å². The minimum atomic E-state index is -0.573. The van der Waals surface area contributed by atoms with Crippen molar-refractivity contribution in [2.45, 2.75) is 20.0 Å². The molecule has 0 aromatic heterocycles. The van der Waals surface area contributed by atoms with Crippen LogP contribution in [-0.2, 0) is 4.79 Å². The quantitative estimate of drug-likeness (QED) is 0.850. The van der Waals surface area contributed by atoms with E-state index in [0.29, 0.717) is 18.0 Å². The van der Waals surface area contributed by atoms with Crippen LogP contribution in [0.3, 0.4) is 0 Å². The first kappa shape index (κ1) is 15.3. The van der Waals surface area contributed by atoms with Gasteiger partial charge in [0, 0.05) is 13.6 Å². The Bertz CT molecular complexity index is 431. The number of nitrogens with zero attached hydrogens (tertiary/aromatic N) is 1. The Morgan fingerprint density at radius 3 is 2.63 bits per heavy atom. The van der Waals surface area contributed by atoms with Crippen LogP contribution in [-0.4, -0.2) is 43.2 Å². The second-order valence-electron chi connectivity index (χ2n) is 4.28. The Kier molecular flexibility index (Phi) is 5.63. The highest BCUT2D eigenvalue weighted by atomic mass is 16.5. The summed E-state index contributed by atoms with van der Waals surface area (Å²) in [6, 6.07) is 5.14. The molecule has 1 N–H and O–H groups in total.